The van der Waals surface area contributed by atoms with Crippen LogP contribution < -0.4 is 10.1 Å². The molecule has 0 radical (unpaired) electrons. The molecule has 1 saturated heterocycles. The molecule has 2 heterocycles. The zero-order chi connectivity index (χ0) is 25.9. The van der Waals surface area contributed by atoms with Crippen molar-refractivity contribution in [2.24, 2.45) is 5.16 Å². The van der Waals surface area contributed by atoms with Gasteiger partial charge in [0.1, 0.15) is 17.1 Å². The van der Waals surface area contributed by atoms with Crippen LogP contribution in [0.1, 0.15) is 30.4 Å². The number of nitrogens with zero attached hydrogens (tertiary/aromatic N) is 2. The van der Waals surface area contributed by atoms with Gasteiger partial charge < -0.3 is 14.4 Å². The molecule has 5 rings (SSSR count). The average Bonchev–Trinajstić information content (AvgIpc) is 3.30. The molecule has 0 atom stereocenters. The predicted octanol–water partition coefficient (Wildman–Crippen LogP) is 6.62. The summed E-state index contributed by atoms with van der Waals surface area (Å²) in [6, 6.07) is 21.2. The van der Waals surface area contributed by atoms with Crippen molar-refractivity contribution < 1.29 is 32.4 Å². The third-order valence-electron chi connectivity index (χ3n) is 6.31. The number of para-hydroxylation sites is 1. The van der Waals surface area contributed by atoms with Crippen LogP contribution in [0.25, 0.3) is 0 Å². The highest BCUT2D eigenvalue weighted by Gasteiger charge is 2.43. The Labute approximate surface area is 211 Å². The highest BCUT2D eigenvalue weighted by atomic mass is 19.4. The highest BCUT2D eigenvalue weighted by molar-refractivity contribution is 6.01. The predicted molar refractivity (Wildman–Crippen MR) is 130 cm³/mol. The van der Waals surface area contributed by atoms with E-state index in [1.165, 1.54) is 12.1 Å². The number of amides is 1. The minimum atomic E-state index is -4.38. The molecule has 0 aliphatic carbocycles. The first-order chi connectivity index (χ1) is 17.8. The summed E-state index contributed by atoms with van der Waals surface area (Å²) >= 11 is 0. The Morgan fingerprint density at radius 2 is 1.57 bits per heavy atom. The maximum atomic E-state index is 12.8. The van der Waals surface area contributed by atoms with E-state index in [1.54, 1.807) is 29.3 Å². The van der Waals surface area contributed by atoms with Crippen molar-refractivity contribution in [3.63, 3.8) is 0 Å². The van der Waals surface area contributed by atoms with Gasteiger partial charge in [-0.15, -0.1) is 5.06 Å². The fourth-order valence-corrected chi connectivity index (χ4v) is 4.27. The molecule has 0 bridgehead atoms. The lowest BCUT2D eigenvalue weighted by atomic mass is 9.86. The van der Waals surface area contributed by atoms with Crippen molar-refractivity contribution in [2.45, 2.75) is 31.0 Å². The van der Waals surface area contributed by atoms with Crippen LogP contribution in [-0.4, -0.2) is 35.6 Å². The number of alkyl halides is 3. The van der Waals surface area contributed by atoms with Crippen LogP contribution in [0.4, 0.5) is 23.7 Å². The fraction of sp³-hybridized carbons (Fsp3) is 0.259. The molecule has 37 heavy (non-hydrogen) atoms. The van der Waals surface area contributed by atoms with Crippen LogP contribution in [0, 0.1) is 0 Å². The summed E-state index contributed by atoms with van der Waals surface area (Å²) in [5, 5.41) is 8.39. The molecule has 10 heteroatoms. The standard InChI is InChI=1S/C27H24F3N3O4/c28-27(29,30)20-8-6-19(7-9-20)24-18-26(37-32-24)14-16-33(17-15-26)36-25(34)31-21-10-12-23(13-11-21)35-22-4-2-1-3-5-22/h1-13H,14-18H2,(H,31,34). The molecule has 0 unspecified atom stereocenters. The van der Waals surface area contributed by atoms with Gasteiger partial charge in [0.15, 0.2) is 0 Å². The number of oxime groups is 1. The van der Waals surface area contributed by atoms with E-state index in [9.17, 15) is 18.0 Å². The van der Waals surface area contributed by atoms with E-state index in [4.69, 9.17) is 14.4 Å². The summed E-state index contributed by atoms with van der Waals surface area (Å²) in [6.45, 7) is 0.875. The van der Waals surface area contributed by atoms with Crippen molar-refractivity contribution in [3.05, 3.63) is 90.0 Å². The maximum absolute atomic E-state index is 12.8. The average molecular weight is 512 g/mol. The van der Waals surface area contributed by atoms with Crippen molar-refractivity contribution in [1.82, 2.24) is 5.06 Å². The van der Waals surface area contributed by atoms with E-state index in [-0.39, 0.29) is 0 Å². The van der Waals surface area contributed by atoms with Crippen molar-refractivity contribution in [1.29, 1.82) is 0 Å². The number of hydrogen-bond acceptors (Lipinski definition) is 6. The minimum absolute atomic E-state index is 0.438. The topological polar surface area (TPSA) is 72.4 Å². The van der Waals surface area contributed by atoms with Crippen molar-refractivity contribution in [3.8, 4) is 11.5 Å². The zero-order valence-electron chi connectivity index (χ0n) is 19.7. The van der Waals surface area contributed by atoms with Crippen molar-refractivity contribution >= 4 is 17.5 Å². The van der Waals surface area contributed by atoms with Crippen LogP contribution in [0.3, 0.4) is 0 Å². The zero-order valence-corrected chi connectivity index (χ0v) is 19.7. The second-order valence-electron chi connectivity index (χ2n) is 8.94. The summed E-state index contributed by atoms with van der Waals surface area (Å²) in [6.07, 6.45) is -3.40. The molecule has 1 fully saturated rings. The molecule has 1 N–H and O–H groups in total. The van der Waals surface area contributed by atoms with Gasteiger partial charge in [-0.3, -0.25) is 5.32 Å². The molecule has 1 spiro atoms. The molecule has 7 nitrogen and oxygen atoms in total. The first-order valence-electron chi connectivity index (χ1n) is 11.8. The lowest BCUT2D eigenvalue weighted by Crippen LogP contribution is -2.45. The molecular formula is C27H24F3N3O4. The van der Waals surface area contributed by atoms with Crippen LogP contribution in [-0.2, 0) is 15.9 Å². The smallest absolute Gasteiger partial charge is 0.430 e. The quantitative estimate of drug-likeness (QED) is 0.417. The largest absolute Gasteiger partial charge is 0.457 e. The minimum Gasteiger partial charge on any atom is -0.457 e. The van der Waals surface area contributed by atoms with E-state index in [1.807, 2.05) is 30.3 Å². The molecule has 0 saturated carbocycles. The van der Waals surface area contributed by atoms with Gasteiger partial charge in [0.05, 0.1) is 11.3 Å². The Morgan fingerprint density at radius 1 is 0.919 bits per heavy atom. The molecule has 3 aromatic carbocycles. The Bertz CT molecular complexity index is 1250. The van der Waals surface area contributed by atoms with Gasteiger partial charge in [0.25, 0.3) is 0 Å². The second-order valence-corrected chi connectivity index (χ2v) is 8.94. The lowest BCUT2D eigenvalue weighted by molar-refractivity contribution is -0.154. The number of benzene rings is 3. The van der Waals surface area contributed by atoms with E-state index >= 15 is 0 Å². The van der Waals surface area contributed by atoms with E-state index in [2.05, 4.69) is 10.5 Å². The van der Waals surface area contributed by atoms with Gasteiger partial charge >= 0.3 is 12.3 Å². The van der Waals surface area contributed by atoms with Crippen molar-refractivity contribution in [2.75, 3.05) is 18.4 Å². The molecule has 3 aromatic rings. The third kappa shape index (κ3) is 6.03. The lowest BCUT2D eigenvalue weighted by Gasteiger charge is -2.35. The van der Waals surface area contributed by atoms with Gasteiger partial charge in [-0.2, -0.15) is 13.2 Å². The third-order valence-corrected chi connectivity index (χ3v) is 6.31. The van der Waals surface area contributed by atoms with Crippen LogP contribution in [0.5, 0.6) is 11.5 Å². The van der Waals surface area contributed by atoms with E-state index in [0.29, 0.717) is 60.8 Å². The van der Waals surface area contributed by atoms with Crippen LogP contribution in [0.2, 0.25) is 0 Å². The molecule has 2 aliphatic rings. The SMILES string of the molecule is O=C(Nc1ccc(Oc2ccccc2)cc1)ON1CCC2(CC1)CC(c1ccc(C(F)(F)F)cc1)=NO2. The normalized spacial score (nSPS) is 17.1. The molecular weight excluding hydrogens is 487 g/mol. The Morgan fingerprint density at radius 3 is 2.22 bits per heavy atom. The van der Waals surface area contributed by atoms with Gasteiger partial charge in [-0.25, -0.2) is 4.79 Å². The number of hydrogen-bond donors (Lipinski definition) is 1. The van der Waals surface area contributed by atoms with Gasteiger partial charge in [-0.05, 0) is 54.1 Å². The number of ether oxygens (including phenoxy) is 1. The summed E-state index contributed by atoms with van der Waals surface area (Å²) in [5.74, 6) is 1.36. The Hall–Kier alpha value is -4.05. The molecule has 1 amide bonds. The maximum Gasteiger partial charge on any atom is 0.430 e. The summed E-state index contributed by atoms with van der Waals surface area (Å²) in [7, 11) is 0. The summed E-state index contributed by atoms with van der Waals surface area (Å²) < 4.78 is 44.2. The second kappa shape index (κ2) is 10.1. The number of hydroxylamine groups is 2. The number of carbonyl (C=O) groups excluding carboxylic acids is 1. The number of nitrogens with one attached hydrogen (secondary N) is 1. The number of rotatable bonds is 5. The molecule has 0 aromatic heterocycles. The Balaban J connectivity index is 1.08. The number of halogens is 3. The van der Waals surface area contributed by atoms with Crippen LogP contribution in [0.15, 0.2) is 84.0 Å². The molecule has 2 aliphatic heterocycles. The van der Waals surface area contributed by atoms with Gasteiger partial charge in [-0.1, -0.05) is 35.5 Å². The van der Waals surface area contributed by atoms with E-state index in [0.717, 1.165) is 12.1 Å². The number of anilines is 1. The van der Waals surface area contributed by atoms with E-state index < -0.39 is 23.4 Å². The summed E-state index contributed by atoms with van der Waals surface area (Å²) in [4.78, 5) is 23.5. The van der Waals surface area contributed by atoms with Gasteiger partial charge in [0, 0.05) is 38.0 Å². The number of piperidine rings is 1. The highest BCUT2D eigenvalue weighted by Crippen LogP contribution is 2.37. The monoisotopic (exact) mass is 511 g/mol. The molecule has 192 valence electrons. The van der Waals surface area contributed by atoms with Crippen LogP contribution >= 0.6 is 0 Å². The Kier molecular flexibility index (Phi) is 6.75. The number of carbonyl (C=O) groups is 1. The first kappa shape index (κ1) is 24.6. The van der Waals surface area contributed by atoms with Gasteiger partial charge in [0.2, 0.25) is 0 Å². The summed E-state index contributed by atoms with van der Waals surface area (Å²) in [5.41, 5.74) is 0.519. The first-order valence-corrected chi connectivity index (χ1v) is 11.8. The fourth-order valence-electron chi connectivity index (χ4n) is 4.27.